The van der Waals surface area contributed by atoms with Gasteiger partial charge >= 0.3 is 0 Å². The maximum Gasteiger partial charge on any atom is 0.161 e. The Balaban J connectivity index is 2.09. The molecule has 1 atom stereocenters. The van der Waals surface area contributed by atoms with Crippen LogP contribution in [0.1, 0.15) is 24.2 Å². The lowest BCUT2D eigenvalue weighted by atomic mass is 10.1. The molecular formula is C16H19BrN2O2. The summed E-state index contributed by atoms with van der Waals surface area (Å²) >= 11 is 3.57. The molecule has 0 saturated carbocycles. The maximum atomic E-state index is 5.34. The van der Waals surface area contributed by atoms with E-state index in [-0.39, 0.29) is 6.04 Å². The number of benzene rings is 1. The van der Waals surface area contributed by atoms with E-state index in [2.05, 4.69) is 33.2 Å². The second-order valence-electron chi connectivity index (χ2n) is 4.66. The molecule has 0 aliphatic heterocycles. The van der Waals surface area contributed by atoms with Gasteiger partial charge in [-0.1, -0.05) is 22.0 Å². The molecule has 0 fully saturated rings. The summed E-state index contributed by atoms with van der Waals surface area (Å²) in [6.07, 6.45) is 1.81. The highest BCUT2D eigenvalue weighted by Crippen LogP contribution is 2.33. The van der Waals surface area contributed by atoms with E-state index < -0.39 is 0 Å². The van der Waals surface area contributed by atoms with Gasteiger partial charge in [-0.2, -0.15) is 0 Å². The zero-order chi connectivity index (χ0) is 15.2. The second kappa shape index (κ2) is 7.43. The summed E-state index contributed by atoms with van der Waals surface area (Å²) < 4.78 is 11.6. The van der Waals surface area contributed by atoms with Gasteiger partial charge in [-0.15, -0.1) is 0 Å². The van der Waals surface area contributed by atoms with Crippen LogP contribution < -0.4 is 14.8 Å². The quantitative estimate of drug-likeness (QED) is 0.862. The third-order valence-electron chi connectivity index (χ3n) is 3.28. The average molecular weight is 351 g/mol. The van der Waals surface area contributed by atoms with E-state index in [0.717, 1.165) is 21.5 Å². The van der Waals surface area contributed by atoms with Crippen molar-refractivity contribution in [2.75, 3.05) is 14.2 Å². The van der Waals surface area contributed by atoms with Crippen LogP contribution in [0, 0.1) is 0 Å². The van der Waals surface area contributed by atoms with E-state index >= 15 is 0 Å². The van der Waals surface area contributed by atoms with Crippen LogP contribution in [0.3, 0.4) is 0 Å². The lowest BCUT2D eigenvalue weighted by Gasteiger charge is -2.16. The van der Waals surface area contributed by atoms with Crippen molar-refractivity contribution in [3.05, 3.63) is 52.3 Å². The summed E-state index contributed by atoms with van der Waals surface area (Å²) in [4.78, 5) is 4.36. The molecule has 0 unspecified atom stereocenters. The fraction of sp³-hybridized carbons (Fsp3) is 0.312. The Kier molecular flexibility index (Phi) is 5.59. The molecule has 1 heterocycles. The molecule has 0 saturated heterocycles. The normalized spacial score (nSPS) is 12.0. The van der Waals surface area contributed by atoms with E-state index in [1.807, 2.05) is 30.3 Å². The summed E-state index contributed by atoms with van der Waals surface area (Å²) in [7, 11) is 3.27. The minimum atomic E-state index is 0.172. The van der Waals surface area contributed by atoms with E-state index in [9.17, 15) is 0 Å². The highest BCUT2D eigenvalue weighted by Gasteiger charge is 2.11. The molecule has 0 amide bonds. The summed E-state index contributed by atoms with van der Waals surface area (Å²) in [5, 5.41) is 3.46. The van der Waals surface area contributed by atoms with Gasteiger partial charge in [0.25, 0.3) is 0 Å². The van der Waals surface area contributed by atoms with Crippen LogP contribution in [0.25, 0.3) is 0 Å². The number of nitrogens with zero attached hydrogens (tertiary/aromatic N) is 1. The third kappa shape index (κ3) is 3.95. The molecule has 2 rings (SSSR count). The van der Waals surface area contributed by atoms with Crippen molar-refractivity contribution in [3.8, 4) is 11.5 Å². The standard InChI is InChI=1S/C16H19BrN2O2/c1-11(14-6-4-5-7-18-14)19-10-12-8-15(20-2)16(21-3)9-13(12)17/h4-9,11,19H,10H2,1-3H3/t11-/m1/s1. The number of aromatic nitrogens is 1. The van der Waals surface area contributed by atoms with Crippen molar-refractivity contribution >= 4 is 15.9 Å². The van der Waals surface area contributed by atoms with Gasteiger partial charge in [0.1, 0.15) is 0 Å². The number of rotatable bonds is 6. The largest absolute Gasteiger partial charge is 0.493 e. The smallest absolute Gasteiger partial charge is 0.161 e. The van der Waals surface area contributed by atoms with E-state index in [1.165, 1.54) is 0 Å². The van der Waals surface area contributed by atoms with Crippen molar-refractivity contribution in [1.82, 2.24) is 10.3 Å². The number of hydrogen-bond acceptors (Lipinski definition) is 4. The predicted octanol–water partition coefficient (Wildman–Crippen LogP) is 3.71. The Morgan fingerprint density at radius 2 is 1.90 bits per heavy atom. The van der Waals surface area contributed by atoms with Crippen LogP contribution in [0.2, 0.25) is 0 Å². The first kappa shape index (κ1) is 15.8. The number of nitrogens with one attached hydrogen (secondary N) is 1. The summed E-state index contributed by atoms with van der Waals surface area (Å²) in [6.45, 7) is 2.80. The van der Waals surface area contributed by atoms with Gasteiger partial charge in [0.2, 0.25) is 0 Å². The summed E-state index contributed by atoms with van der Waals surface area (Å²) in [5.41, 5.74) is 2.13. The van der Waals surface area contributed by atoms with Crippen LogP contribution in [0.5, 0.6) is 11.5 Å². The molecule has 1 aromatic heterocycles. The topological polar surface area (TPSA) is 43.4 Å². The minimum absolute atomic E-state index is 0.172. The SMILES string of the molecule is COc1cc(Br)c(CN[C@H](C)c2ccccn2)cc1OC. The first-order valence-electron chi connectivity index (χ1n) is 6.70. The van der Waals surface area contributed by atoms with Crippen LogP contribution in [0.15, 0.2) is 41.0 Å². The highest BCUT2D eigenvalue weighted by atomic mass is 79.9. The molecule has 0 aliphatic rings. The van der Waals surface area contributed by atoms with Gasteiger partial charge in [-0.25, -0.2) is 0 Å². The summed E-state index contributed by atoms with van der Waals surface area (Å²) in [6, 6.07) is 9.99. The van der Waals surface area contributed by atoms with Gasteiger partial charge < -0.3 is 14.8 Å². The first-order chi connectivity index (χ1) is 10.2. The van der Waals surface area contributed by atoms with E-state index in [0.29, 0.717) is 12.3 Å². The van der Waals surface area contributed by atoms with Gasteiger partial charge in [-0.3, -0.25) is 4.98 Å². The molecule has 1 aromatic carbocycles. The van der Waals surface area contributed by atoms with E-state index in [1.54, 1.807) is 20.4 Å². The lowest BCUT2D eigenvalue weighted by molar-refractivity contribution is 0.354. The minimum Gasteiger partial charge on any atom is -0.493 e. The average Bonchev–Trinajstić information content (AvgIpc) is 2.53. The Hall–Kier alpha value is -1.59. The van der Waals surface area contributed by atoms with Gasteiger partial charge in [0.15, 0.2) is 11.5 Å². The molecular weight excluding hydrogens is 332 g/mol. The molecule has 0 bridgehead atoms. The van der Waals surface area contributed by atoms with Crippen molar-refractivity contribution in [1.29, 1.82) is 0 Å². The summed E-state index contributed by atoms with van der Waals surface area (Å²) in [5.74, 6) is 1.44. The van der Waals surface area contributed by atoms with Crippen molar-refractivity contribution in [3.63, 3.8) is 0 Å². The predicted molar refractivity (Wildman–Crippen MR) is 86.7 cm³/mol. The fourth-order valence-electron chi connectivity index (χ4n) is 2.03. The van der Waals surface area contributed by atoms with Crippen molar-refractivity contribution < 1.29 is 9.47 Å². The molecule has 0 spiro atoms. The molecule has 2 aromatic rings. The number of halogens is 1. The second-order valence-corrected chi connectivity index (χ2v) is 5.51. The zero-order valence-corrected chi connectivity index (χ0v) is 14.0. The van der Waals surface area contributed by atoms with Gasteiger partial charge in [0.05, 0.1) is 19.9 Å². The zero-order valence-electron chi connectivity index (χ0n) is 12.4. The number of hydrogen-bond donors (Lipinski definition) is 1. The molecule has 1 N–H and O–H groups in total. The van der Waals surface area contributed by atoms with E-state index in [4.69, 9.17) is 9.47 Å². The molecule has 21 heavy (non-hydrogen) atoms. The van der Waals surface area contributed by atoms with Crippen LogP contribution in [-0.4, -0.2) is 19.2 Å². The Bertz CT molecular complexity index is 590. The van der Waals surface area contributed by atoms with Crippen LogP contribution >= 0.6 is 15.9 Å². The third-order valence-corrected chi connectivity index (χ3v) is 4.02. The Morgan fingerprint density at radius 1 is 1.19 bits per heavy atom. The van der Waals surface area contributed by atoms with Crippen LogP contribution in [0.4, 0.5) is 0 Å². The molecule has 4 nitrogen and oxygen atoms in total. The van der Waals surface area contributed by atoms with Crippen LogP contribution in [-0.2, 0) is 6.54 Å². The Labute approximate surface area is 133 Å². The van der Waals surface area contributed by atoms with Gasteiger partial charge in [0, 0.05) is 23.3 Å². The number of methoxy groups -OCH3 is 2. The van der Waals surface area contributed by atoms with Gasteiger partial charge in [-0.05, 0) is 36.8 Å². The number of ether oxygens (including phenoxy) is 2. The first-order valence-corrected chi connectivity index (χ1v) is 7.49. The molecule has 5 heteroatoms. The maximum absolute atomic E-state index is 5.34. The monoisotopic (exact) mass is 350 g/mol. The fourth-order valence-corrected chi connectivity index (χ4v) is 2.49. The van der Waals surface area contributed by atoms with Crippen molar-refractivity contribution in [2.24, 2.45) is 0 Å². The number of pyridine rings is 1. The van der Waals surface area contributed by atoms with Crippen molar-refractivity contribution in [2.45, 2.75) is 19.5 Å². The Morgan fingerprint density at radius 3 is 2.52 bits per heavy atom. The molecule has 112 valence electrons. The molecule has 0 radical (unpaired) electrons. The molecule has 0 aliphatic carbocycles. The highest BCUT2D eigenvalue weighted by molar-refractivity contribution is 9.10. The lowest BCUT2D eigenvalue weighted by Crippen LogP contribution is -2.19.